The number of rotatable bonds is 2. The molecule has 0 aromatic heterocycles. The summed E-state index contributed by atoms with van der Waals surface area (Å²) in [5.41, 5.74) is 0.174. The Morgan fingerprint density at radius 1 is 1.38 bits per heavy atom. The van der Waals surface area contributed by atoms with Gasteiger partial charge in [-0.3, -0.25) is 0 Å². The second kappa shape index (κ2) is 4.75. The Bertz CT molecular complexity index is 408. The van der Waals surface area contributed by atoms with Crippen LogP contribution in [0.25, 0.3) is 0 Å². The maximum absolute atomic E-state index is 13.0. The van der Waals surface area contributed by atoms with Gasteiger partial charge in [-0.2, -0.15) is 17.0 Å². The van der Waals surface area contributed by atoms with Crippen LogP contribution >= 0.6 is 11.8 Å². The molecule has 84 valence electrons. The van der Waals surface area contributed by atoms with E-state index in [0.29, 0.717) is 5.69 Å². The van der Waals surface area contributed by atoms with Crippen molar-refractivity contribution in [1.29, 1.82) is 5.26 Å². The van der Waals surface area contributed by atoms with E-state index in [-0.39, 0.29) is 5.82 Å². The van der Waals surface area contributed by atoms with Crippen LogP contribution in [-0.2, 0) is 0 Å². The number of anilines is 1. The van der Waals surface area contributed by atoms with E-state index >= 15 is 0 Å². The highest BCUT2D eigenvalue weighted by atomic mass is 32.2. The second-order valence-electron chi connectivity index (χ2n) is 3.94. The Labute approximate surface area is 98.8 Å². The van der Waals surface area contributed by atoms with Crippen LogP contribution in [0, 0.1) is 17.1 Å². The molecule has 1 aromatic carbocycles. The molecule has 0 spiro atoms. The molecule has 1 aliphatic heterocycles. The van der Waals surface area contributed by atoms with Crippen LogP contribution < -0.4 is 5.32 Å². The molecule has 0 aliphatic carbocycles. The summed E-state index contributed by atoms with van der Waals surface area (Å²) in [5.74, 6) is 1.69. The number of nitrogens with zero attached hydrogens (tertiary/aromatic N) is 1. The van der Waals surface area contributed by atoms with Crippen molar-refractivity contribution in [1.82, 2.24) is 0 Å². The van der Waals surface area contributed by atoms with E-state index in [2.05, 4.69) is 11.4 Å². The molecular weight excluding hydrogens is 223 g/mol. The van der Waals surface area contributed by atoms with Gasteiger partial charge in [-0.1, -0.05) is 6.07 Å². The molecule has 1 fully saturated rings. The molecule has 0 amide bonds. The fraction of sp³-hybridized carbons (Fsp3) is 0.417. The van der Waals surface area contributed by atoms with Gasteiger partial charge in [0, 0.05) is 5.69 Å². The fourth-order valence-electron chi connectivity index (χ4n) is 1.83. The summed E-state index contributed by atoms with van der Waals surface area (Å²) >= 11 is 1.86. The van der Waals surface area contributed by atoms with Gasteiger partial charge in [-0.05, 0) is 42.5 Å². The third-order valence-corrected chi connectivity index (χ3v) is 3.75. The molecular formula is C12H13FN2S. The molecule has 1 aliphatic rings. The van der Waals surface area contributed by atoms with Crippen LogP contribution in [0.3, 0.4) is 0 Å². The molecule has 2 rings (SSSR count). The smallest absolute Gasteiger partial charge is 0.126 e. The number of hydrogen-bond donors (Lipinski definition) is 1. The lowest BCUT2D eigenvalue weighted by Gasteiger charge is -2.32. The average Bonchev–Trinajstić information content (AvgIpc) is 2.30. The lowest BCUT2D eigenvalue weighted by Crippen LogP contribution is -2.40. The van der Waals surface area contributed by atoms with Crippen molar-refractivity contribution in [2.75, 3.05) is 16.8 Å². The molecule has 0 radical (unpaired) electrons. The summed E-state index contributed by atoms with van der Waals surface area (Å²) in [7, 11) is 0. The van der Waals surface area contributed by atoms with Crippen LogP contribution in [-0.4, -0.2) is 17.0 Å². The maximum atomic E-state index is 13.0. The molecule has 0 bridgehead atoms. The van der Waals surface area contributed by atoms with Crippen LogP contribution in [0.5, 0.6) is 0 Å². The molecule has 1 saturated heterocycles. The molecule has 0 atom stereocenters. The molecule has 4 heteroatoms. The standard InChI is InChI=1S/C12H13FN2S/c13-10-2-1-3-11(8-10)15-12(9-14)4-6-16-7-5-12/h1-3,8,15H,4-7H2. The Kier molecular flexibility index (Phi) is 3.35. The van der Waals surface area contributed by atoms with E-state index < -0.39 is 5.54 Å². The van der Waals surface area contributed by atoms with E-state index in [1.54, 1.807) is 12.1 Å². The molecule has 1 heterocycles. The first kappa shape index (κ1) is 11.3. The van der Waals surface area contributed by atoms with Crippen molar-refractivity contribution in [3.63, 3.8) is 0 Å². The zero-order valence-corrected chi connectivity index (χ0v) is 9.69. The number of hydrogen-bond acceptors (Lipinski definition) is 3. The first-order valence-corrected chi connectivity index (χ1v) is 6.42. The molecule has 1 aromatic rings. The summed E-state index contributed by atoms with van der Waals surface area (Å²) in [6, 6.07) is 8.62. The highest BCUT2D eigenvalue weighted by molar-refractivity contribution is 7.99. The zero-order valence-electron chi connectivity index (χ0n) is 8.87. The molecule has 16 heavy (non-hydrogen) atoms. The quantitative estimate of drug-likeness (QED) is 0.857. The first-order chi connectivity index (χ1) is 7.74. The Hall–Kier alpha value is -1.21. The van der Waals surface area contributed by atoms with Crippen molar-refractivity contribution in [2.24, 2.45) is 0 Å². The minimum absolute atomic E-state index is 0.275. The lowest BCUT2D eigenvalue weighted by atomic mass is 9.93. The van der Waals surface area contributed by atoms with Gasteiger partial charge in [0.1, 0.15) is 11.4 Å². The lowest BCUT2D eigenvalue weighted by molar-refractivity contribution is 0.544. The molecule has 0 unspecified atom stereocenters. The average molecular weight is 236 g/mol. The molecule has 0 saturated carbocycles. The van der Waals surface area contributed by atoms with E-state index in [1.807, 2.05) is 11.8 Å². The highest BCUT2D eigenvalue weighted by Gasteiger charge is 2.32. The summed E-state index contributed by atoms with van der Waals surface area (Å²) in [4.78, 5) is 0. The number of thioether (sulfide) groups is 1. The predicted molar refractivity (Wildman–Crippen MR) is 64.9 cm³/mol. The van der Waals surface area contributed by atoms with Crippen molar-refractivity contribution in [3.05, 3.63) is 30.1 Å². The summed E-state index contributed by atoms with van der Waals surface area (Å²) in [6.45, 7) is 0. The predicted octanol–water partition coefficient (Wildman–Crippen LogP) is 3.03. The third kappa shape index (κ3) is 2.48. The van der Waals surface area contributed by atoms with E-state index in [1.165, 1.54) is 12.1 Å². The Morgan fingerprint density at radius 3 is 2.75 bits per heavy atom. The van der Waals surface area contributed by atoms with Crippen LogP contribution in [0.1, 0.15) is 12.8 Å². The van der Waals surface area contributed by atoms with Gasteiger partial charge in [-0.15, -0.1) is 0 Å². The molecule has 1 N–H and O–H groups in total. The third-order valence-electron chi connectivity index (χ3n) is 2.77. The topological polar surface area (TPSA) is 35.8 Å². The SMILES string of the molecule is N#CC1(Nc2cccc(F)c2)CCSCC1. The van der Waals surface area contributed by atoms with Crippen LogP contribution in [0.4, 0.5) is 10.1 Å². The van der Waals surface area contributed by atoms with Crippen molar-refractivity contribution < 1.29 is 4.39 Å². The van der Waals surface area contributed by atoms with Crippen molar-refractivity contribution in [2.45, 2.75) is 18.4 Å². The van der Waals surface area contributed by atoms with E-state index in [9.17, 15) is 9.65 Å². The van der Waals surface area contributed by atoms with Crippen molar-refractivity contribution in [3.8, 4) is 6.07 Å². The van der Waals surface area contributed by atoms with Gasteiger partial charge >= 0.3 is 0 Å². The van der Waals surface area contributed by atoms with Gasteiger partial charge in [0.05, 0.1) is 6.07 Å². The monoisotopic (exact) mass is 236 g/mol. The second-order valence-corrected chi connectivity index (χ2v) is 5.17. The number of nitrogens with one attached hydrogen (secondary N) is 1. The number of benzene rings is 1. The van der Waals surface area contributed by atoms with Gasteiger partial charge in [0.25, 0.3) is 0 Å². The largest absolute Gasteiger partial charge is 0.367 e. The van der Waals surface area contributed by atoms with Gasteiger partial charge in [-0.25, -0.2) is 4.39 Å². The Morgan fingerprint density at radius 2 is 2.12 bits per heavy atom. The minimum Gasteiger partial charge on any atom is -0.367 e. The summed E-state index contributed by atoms with van der Waals surface area (Å²) in [5, 5.41) is 12.4. The van der Waals surface area contributed by atoms with Gasteiger partial charge in [0.15, 0.2) is 0 Å². The summed E-state index contributed by atoms with van der Waals surface area (Å²) in [6.07, 6.45) is 1.62. The number of nitriles is 1. The van der Waals surface area contributed by atoms with Crippen LogP contribution in [0.2, 0.25) is 0 Å². The van der Waals surface area contributed by atoms with Gasteiger partial charge < -0.3 is 5.32 Å². The van der Waals surface area contributed by atoms with Gasteiger partial charge in [0.2, 0.25) is 0 Å². The number of halogens is 1. The van der Waals surface area contributed by atoms with E-state index in [0.717, 1.165) is 24.3 Å². The Balaban J connectivity index is 2.15. The fourth-order valence-corrected chi connectivity index (χ4v) is 3.02. The first-order valence-electron chi connectivity index (χ1n) is 5.27. The van der Waals surface area contributed by atoms with Crippen LogP contribution in [0.15, 0.2) is 24.3 Å². The summed E-state index contributed by atoms with van der Waals surface area (Å²) < 4.78 is 13.0. The molecule has 2 nitrogen and oxygen atoms in total. The van der Waals surface area contributed by atoms with E-state index in [4.69, 9.17) is 0 Å². The van der Waals surface area contributed by atoms with Crippen molar-refractivity contribution >= 4 is 17.4 Å². The maximum Gasteiger partial charge on any atom is 0.126 e. The zero-order chi connectivity index (χ0) is 11.4. The minimum atomic E-state index is -0.515. The normalized spacial score (nSPS) is 18.8. The highest BCUT2D eigenvalue weighted by Crippen LogP contribution is 2.30.